The molecule has 0 radical (unpaired) electrons. The molecule has 1 N–H and O–H groups in total. The molecule has 0 aliphatic rings. The Labute approximate surface area is 85.6 Å². The molecule has 0 atom stereocenters. The van der Waals surface area contributed by atoms with E-state index in [0.717, 1.165) is 17.2 Å². The van der Waals surface area contributed by atoms with Crippen molar-refractivity contribution in [3.8, 4) is 5.75 Å². The molecule has 0 amide bonds. The van der Waals surface area contributed by atoms with Gasteiger partial charge in [0.2, 0.25) is 0 Å². The van der Waals surface area contributed by atoms with Crippen molar-refractivity contribution < 1.29 is 9.53 Å². The molecule has 0 unspecified atom stereocenters. The molecular formula is C10H8ClNO2. The number of methoxy groups -OCH3 is 1. The van der Waals surface area contributed by atoms with Gasteiger partial charge in [-0.25, -0.2) is 0 Å². The van der Waals surface area contributed by atoms with Crippen LogP contribution in [0.1, 0.15) is 10.4 Å². The fourth-order valence-electron chi connectivity index (χ4n) is 1.41. The van der Waals surface area contributed by atoms with E-state index in [-0.39, 0.29) is 0 Å². The lowest BCUT2D eigenvalue weighted by molar-refractivity contribution is 0.112. The van der Waals surface area contributed by atoms with Gasteiger partial charge in [0.05, 0.1) is 17.6 Å². The van der Waals surface area contributed by atoms with E-state index in [2.05, 4.69) is 4.98 Å². The van der Waals surface area contributed by atoms with Crippen molar-refractivity contribution in [1.82, 2.24) is 4.98 Å². The molecule has 0 bridgehead atoms. The molecule has 0 saturated heterocycles. The average Bonchev–Trinajstić information content (AvgIpc) is 2.59. The molecule has 2 aromatic rings. The van der Waals surface area contributed by atoms with Gasteiger partial charge in [0.25, 0.3) is 0 Å². The van der Waals surface area contributed by atoms with Gasteiger partial charge in [0, 0.05) is 17.1 Å². The first-order valence-electron chi connectivity index (χ1n) is 4.06. The van der Waals surface area contributed by atoms with Gasteiger partial charge in [-0.3, -0.25) is 4.79 Å². The van der Waals surface area contributed by atoms with E-state index in [1.807, 2.05) is 0 Å². The van der Waals surface area contributed by atoms with Gasteiger partial charge in [-0.1, -0.05) is 11.6 Å². The standard InChI is InChI=1S/C10H8ClNO2/c1-14-7-2-6(5-13)10-8(3-7)9(11)4-12-10/h2-5,12H,1H3. The molecule has 1 aromatic heterocycles. The lowest BCUT2D eigenvalue weighted by atomic mass is 10.1. The lowest BCUT2D eigenvalue weighted by Crippen LogP contribution is -1.87. The summed E-state index contributed by atoms with van der Waals surface area (Å²) in [6, 6.07) is 3.46. The second kappa shape index (κ2) is 3.35. The molecular weight excluding hydrogens is 202 g/mol. The van der Waals surface area contributed by atoms with Crippen LogP contribution in [0.5, 0.6) is 5.75 Å². The largest absolute Gasteiger partial charge is 0.497 e. The highest BCUT2D eigenvalue weighted by Crippen LogP contribution is 2.29. The highest BCUT2D eigenvalue weighted by Gasteiger charge is 2.08. The summed E-state index contributed by atoms with van der Waals surface area (Å²) in [5.41, 5.74) is 1.29. The van der Waals surface area contributed by atoms with E-state index in [4.69, 9.17) is 16.3 Å². The summed E-state index contributed by atoms with van der Waals surface area (Å²) in [5.74, 6) is 0.626. The van der Waals surface area contributed by atoms with Crippen LogP contribution in [0, 0.1) is 0 Å². The minimum Gasteiger partial charge on any atom is -0.497 e. The number of carbonyl (C=O) groups excluding carboxylic acids is 1. The number of fused-ring (bicyclic) bond motifs is 1. The van der Waals surface area contributed by atoms with Crippen molar-refractivity contribution in [2.24, 2.45) is 0 Å². The third kappa shape index (κ3) is 1.26. The van der Waals surface area contributed by atoms with Gasteiger partial charge in [-0.05, 0) is 12.1 Å². The number of ether oxygens (including phenoxy) is 1. The van der Waals surface area contributed by atoms with E-state index in [1.54, 1.807) is 25.4 Å². The van der Waals surface area contributed by atoms with E-state index >= 15 is 0 Å². The van der Waals surface area contributed by atoms with Crippen LogP contribution in [-0.4, -0.2) is 18.4 Å². The Bertz CT molecular complexity index is 490. The number of benzene rings is 1. The maximum absolute atomic E-state index is 10.8. The van der Waals surface area contributed by atoms with Crippen LogP contribution in [-0.2, 0) is 0 Å². The summed E-state index contributed by atoms with van der Waals surface area (Å²) in [6.45, 7) is 0. The summed E-state index contributed by atoms with van der Waals surface area (Å²) < 4.78 is 5.06. The Balaban J connectivity index is 2.82. The molecule has 2 rings (SSSR count). The molecule has 72 valence electrons. The molecule has 1 heterocycles. The summed E-state index contributed by atoms with van der Waals surface area (Å²) in [5, 5.41) is 1.38. The Hall–Kier alpha value is -1.48. The van der Waals surface area contributed by atoms with Crippen molar-refractivity contribution >= 4 is 28.8 Å². The summed E-state index contributed by atoms with van der Waals surface area (Å²) >= 11 is 5.93. The molecule has 0 saturated carbocycles. The highest BCUT2D eigenvalue weighted by atomic mass is 35.5. The number of H-pyrrole nitrogens is 1. The summed E-state index contributed by atoms with van der Waals surface area (Å²) in [4.78, 5) is 13.7. The molecule has 0 spiro atoms. The molecule has 0 fully saturated rings. The van der Waals surface area contributed by atoms with Crippen LogP contribution < -0.4 is 4.74 Å². The molecule has 1 aromatic carbocycles. The van der Waals surface area contributed by atoms with E-state index in [1.165, 1.54) is 0 Å². The van der Waals surface area contributed by atoms with Crippen LogP contribution in [0.4, 0.5) is 0 Å². The van der Waals surface area contributed by atoms with Crippen molar-refractivity contribution in [1.29, 1.82) is 0 Å². The number of hydrogen-bond donors (Lipinski definition) is 1. The fraction of sp³-hybridized carbons (Fsp3) is 0.100. The molecule has 0 aliphatic heterocycles. The normalized spacial score (nSPS) is 10.4. The van der Waals surface area contributed by atoms with Gasteiger partial charge in [-0.2, -0.15) is 0 Å². The summed E-state index contributed by atoms with van der Waals surface area (Å²) in [7, 11) is 1.55. The molecule has 0 aliphatic carbocycles. The number of aromatic nitrogens is 1. The summed E-state index contributed by atoms with van der Waals surface area (Å²) in [6.07, 6.45) is 2.43. The average molecular weight is 210 g/mol. The predicted octanol–water partition coefficient (Wildman–Crippen LogP) is 2.64. The SMILES string of the molecule is COc1cc(C=O)c2[nH]cc(Cl)c2c1. The van der Waals surface area contributed by atoms with E-state index in [9.17, 15) is 4.79 Å². The van der Waals surface area contributed by atoms with Crippen molar-refractivity contribution in [2.75, 3.05) is 7.11 Å². The number of aromatic amines is 1. The van der Waals surface area contributed by atoms with Gasteiger partial charge in [0.1, 0.15) is 5.75 Å². The van der Waals surface area contributed by atoms with Crippen LogP contribution in [0.15, 0.2) is 18.3 Å². The first-order chi connectivity index (χ1) is 6.76. The van der Waals surface area contributed by atoms with Gasteiger partial charge < -0.3 is 9.72 Å². The van der Waals surface area contributed by atoms with Crippen LogP contribution in [0.25, 0.3) is 10.9 Å². The Morgan fingerprint density at radius 3 is 2.93 bits per heavy atom. The number of nitrogens with one attached hydrogen (secondary N) is 1. The van der Waals surface area contributed by atoms with Crippen LogP contribution in [0.3, 0.4) is 0 Å². The van der Waals surface area contributed by atoms with Gasteiger partial charge in [0.15, 0.2) is 6.29 Å². The zero-order valence-corrected chi connectivity index (χ0v) is 8.26. The molecule has 4 heteroatoms. The first-order valence-corrected chi connectivity index (χ1v) is 4.44. The van der Waals surface area contributed by atoms with E-state index < -0.39 is 0 Å². The number of aldehydes is 1. The highest BCUT2D eigenvalue weighted by molar-refractivity contribution is 6.36. The zero-order chi connectivity index (χ0) is 10.1. The Kier molecular flexibility index (Phi) is 2.17. The van der Waals surface area contributed by atoms with Crippen LogP contribution in [0.2, 0.25) is 5.02 Å². The minimum absolute atomic E-state index is 0.547. The maximum Gasteiger partial charge on any atom is 0.152 e. The number of hydrogen-bond acceptors (Lipinski definition) is 2. The number of rotatable bonds is 2. The molecule has 3 nitrogen and oxygen atoms in total. The monoisotopic (exact) mass is 209 g/mol. The van der Waals surface area contributed by atoms with Crippen molar-refractivity contribution in [3.63, 3.8) is 0 Å². The topological polar surface area (TPSA) is 42.1 Å². The van der Waals surface area contributed by atoms with Crippen molar-refractivity contribution in [2.45, 2.75) is 0 Å². The number of carbonyl (C=O) groups is 1. The quantitative estimate of drug-likeness (QED) is 0.773. The van der Waals surface area contributed by atoms with Crippen LogP contribution >= 0.6 is 11.6 Å². The van der Waals surface area contributed by atoms with Gasteiger partial charge in [-0.15, -0.1) is 0 Å². The first kappa shape index (κ1) is 9.09. The fourth-order valence-corrected chi connectivity index (χ4v) is 1.61. The second-order valence-corrected chi connectivity index (χ2v) is 3.30. The van der Waals surface area contributed by atoms with Gasteiger partial charge >= 0.3 is 0 Å². The lowest BCUT2D eigenvalue weighted by Gasteiger charge is -2.01. The Morgan fingerprint density at radius 2 is 2.29 bits per heavy atom. The zero-order valence-electron chi connectivity index (χ0n) is 7.50. The molecule has 14 heavy (non-hydrogen) atoms. The third-order valence-electron chi connectivity index (χ3n) is 2.11. The number of halogens is 1. The Morgan fingerprint density at radius 1 is 1.50 bits per heavy atom. The van der Waals surface area contributed by atoms with Crippen molar-refractivity contribution in [3.05, 3.63) is 28.9 Å². The maximum atomic E-state index is 10.8. The second-order valence-electron chi connectivity index (χ2n) is 2.89. The minimum atomic E-state index is 0.547. The predicted molar refractivity (Wildman–Crippen MR) is 55.2 cm³/mol. The smallest absolute Gasteiger partial charge is 0.152 e. The third-order valence-corrected chi connectivity index (χ3v) is 2.42. The van der Waals surface area contributed by atoms with E-state index in [0.29, 0.717) is 16.3 Å².